The van der Waals surface area contributed by atoms with E-state index in [9.17, 15) is 4.79 Å². The van der Waals surface area contributed by atoms with E-state index in [1.165, 1.54) is 19.3 Å². The van der Waals surface area contributed by atoms with Crippen LogP contribution in [0.5, 0.6) is 0 Å². The van der Waals surface area contributed by atoms with Crippen LogP contribution in [0.4, 0.5) is 0 Å². The van der Waals surface area contributed by atoms with Crippen molar-refractivity contribution in [3.8, 4) is 0 Å². The van der Waals surface area contributed by atoms with Gasteiger partial charge in [0.05, 0.1) is 0 Å². The van der Waals surface area contributed by atoms with Crippen LogP contribution in [0.15, 0.2) is 0 Å². The van der Waals surface area contributed by atoms with Crippen molar-refractivity contribution in [1.29, 1.82) is 0 Å². The molecule has 64 valence electrons. The van der Waals surface area contributed by atoms with Crippen LogP contribution < -0.4 is 5.32 Å². The average molecular weight is 155 g/mol. The molecule has 0 saturated heterocycles. The predicted octanol–water partition coefficient (Wildman–Crippen LogP) is 1.56. The molecule has 1 aliphatic rings. The zero-order valence-electron chi connectivity index (χ0n) is 7.39. The average Bonchev–Trinajstić information content (AvgIpc) is 1.86. The summed E-state index contributed by atoms with van der Waals surface area (Å²) in [7, 11) is 0. The first-order chi connectivity index (χ1) is 5.24. The fraction of sp³-hybridized carbons (Fsp3) is 0.889. The first-order valence-electron chi connectivity index (χ1n) is 4.48. The molecular formula is C9H17NO. The third-order valence-electron chi connectivity index (χ3n) is 2.71. The highest BCUT2D eigenvalue weighted by Crippen LogP contribution is 2.35. The lowest BCUT2D eigenvalue weighted by atomic mass is 9.72. The van der Waals surface area contributed by atoms with Crippen LogP contribution in [-0.4, -0.2) is 12.5 Å². The summed E-state index contributed by atoms with van der Waals surface area (Å²) in [5, 5.41) is 2.87. The van der Waals surface area contributed by atoms with Crippen LogP contribution in [0.25, 0.3) is 0 Å². The van der Waals surface area contributed by atoms with Crippen molar-refractivity contribution in [3.63, 3.8) is 0 Å². The summed E-state index contributed by atoms with van der Waals surface area (Å²) in [5.41, 5.74) is 0. The summed E-state index contributed by atoms with van der Waals surface area (Å²) in [4.78, 5) is 10.6. The van der Waals surface area contributed by atoms with Gasteiger partial charge in [0, 0.05) is 13.5 Å². The van der Waals surface area contributed by atoms with Gasteiger partial charge < -0.3 is 5.32 Å². The van der Waals surface area contributed by atoms with E-state index in [0.717, 1.165) is 18.4 Å². The highest BCUT2D eigenvalue weighted by atomic mass is 16.1. The minimum atomic E-state index is 0.103. The second-order valence-electron chi connectivity index (χ2n) is 3.44. The molecule has 1 fully saturated rings. The molecule has 0 heterocycles. The van der Waals surface area contributed by atoms with E-state index in [1.807, 2.05) is 0 Å². The predicted molar refractivity (Wildman–Crippen MR) is 45.2 cm³/mol. The molecule has 2 atom stereocenters. The Morgan fingerprint density at radius 1 is 1.45 bits per heavy atom. The highest BCUT2D eigenvalue weighted by Gasteiger charge is 2.28. The molecule has 0 aliphatic heterocycles. The number of hydrogen-bond donors (Lipinski definition) is 1. The van der Waals surface area contributed by atoms with Crippen molar-refractivity contribution in [2.75, 3.05) is 6.54 Å². The Hall–Kier alpha value is -0.530. The lowest BCUT2D eigenvalue weighted by Gasteiger charge is -2.35. The lowest BCUT2D eigenvalue weighted by molar-refractivity contribution is -0.119. The third-order valence-corrected chi connectivity index (χ3v) is 2.71. The van der Waals surface area contributed by atoms with Gasteiger partial charge >= 0.3 is 0 Å². The summed E-state index contributed by atoms with van der Waals surface area (Å²) >= 11 is 0. The second-order valence-corrected chi connectivity index (χ2v) is 3.44. The van der Waals surface area contributed by atoms with Gasteiger partial charge in [0.1, 0.15) is 0 Å². The molecule has 1 amide bonds. The van der Waals surface area contributed by atoms with Crippen molar-refractivity contribution in [3.05, 3.63) is 0 Å². The molecule has 2 nitrogen and oxygen atoms in total. The van der Waals surface area contributed by atoms with Gasteiger partial charge in [0.2, 0.25) is 5.91 Å². The highest BCUT2D eigenvalue weighted by molar-refractivity contribution is 5.72. The largest absolute Gasteiger partial charge is 0.356 e. The molecule has 0 spiro atoms. The van der Waals surface area contributed by atoms with Gasteiger partial charge in [0.25, 0.3) is 0 Å². The Morgan fingerprint density at radius 3 is 2.45 bits per heavy atom. The van der Waals surface area contributed by atoms with Crippen molar-refractivity contribution >= 4 is 5.91 Å². The molecule has 1 N–H and O–H groups in total. The molecule has 1 saturated carbocycles. The SMILES string of the molecule is CC[C@H]1CCC1CNC(C)=O. The monoisotopic (exact) mass is 155 g/mol. The maximum atomic E-state index is 10.6. The van der Waals surface area contributed by atoms with Crippen LogP contribution in [0.2, 0.25) is 0 Å². The van der Waals surface area contributed by atoms with Gasteiger partial charge in [-0.15, -0.1) is 0 Å². The van der Waals surface area contributed by atoms with Crippen LogP contribution >= 0.6 is 0 Å². The Morgan fingerprint density at radius 2 is 2.09 bits per heavy atom. The Bertz CT molecular complexity index is 142. The second kappa shape index (κ2) is 3.74. The topological polar surface area (TPSA) is 29.1 Å². The molecule has 11 heavy (non-hydrogen) atoms. The quantitative estimate of drug-likeness (QED) is 0.658. The first kappa shape index (κ1) is 8.57. The smallest absolute Gasteiger partial charge is 0.216 e. The summed E-state index contributed by atoms with van der Waals surface area (Å²) in [6.45, 7) is 4.71. The van der Waals surface area contributed by atoms with E-state index in [4.69, 9.17) is 0 Å². The van der Waals surface area contributed by atoms with Gasteiger partial charge in [0.15, 0.2) is 0 Å². The third kappa shape index (κ3) is 2.21. The van der Waals surface area contributed by atoms with Crippen molar-refractivity contribution < 1.29 is 4.79 Å². The van der Waals surface area contributed by atoms with Gasteiger partial charge in [-0.25, -0.2) is 0 Å². The molecule has 0 radical (unpaired) electrons. The summed E-state index contributed by atoms with van der Waals surface area (Å²) in [5.74, 6) is 1.75. The van der Waals surface area contributed by atoms with E-state index in [-0.39, 0.29) is 5.91 Å². The standard InChI is InChI=1S/C9H17NO/c1-3-8-4-5-9(8)6-10-7(2)11/h8-9H,3-6H2,1-2H3,(H,10,11)/t8-,9?/m0/s1. The van der Waals surface area contributed by atoms with E-state index in [2.05, 4.69) is 12.2 Å². The van der Waals surface area contributed by atoms with Crippen LogP contribution in [-0.2, 0) is 4.79 Å². The number of hydrogen-bond acceptors (Lipinski definition) is 1. The molecule has 1 aliphatic carbocycles. The summed E-state index contributed by atoms with van der Waals surface area (Å²) in [6, 6.07) is 0. The van der Waals surface area contributed by atoms with Crippen molar-refractivity contribution in [2.24, 2.45) is 11.8 Å². The summed E-state index contributed by atoms with van der Waals surface area (Å²) in [6.07, 6.45) is 3.93. The van der Waals surface area contributed by atoms with Gasteiger partial charge in [-0.3, -0.25) is 4.79 Å². The molecular weight excluding hydrogens is 138 g/mol. The number of rotatable bonds is 3. The molecule has 0 aromatic rings. The minimum absolute atomic E-state index is 0.103. The number of carbonyl (C=O) groups excluding carboxylic acids is 1. The lowest BCUT2D eigenvalue weighted by Crippen LogP contribution is -2.36. The number of carbonyl (C=O) groups is 1. The maximum Gasteiger partial charge on any atom is 0.216 e. The van der Waals surface area contributed by atoms with Gasteiger partial charge in [-0.05, 0) is 24.7 Å². The first-order valence-corrected chi connectivity index (χ1v) is 4.48. The zero-order chi connectivity index (χ0) is 8.27. The van der Waals surface area contributed by atoms with Crippen LogP contribution in [0.1, 0.15) is 33.1 Å². The van der Waals surface area contributed by atoms with Gasteiger partial charge in [-0.1, -0.05) is 13.3 Å². The number of nitrogens with one attached hydrogen (secondary N) is 1. The maximum absolute atomic E-state index is 10.6. The molecule has 1 unspecified atom stereocenters. The Balaban J connectivity index is 2.12. The van der Waals surface area contributed by atoms with Crippen molar-refractivity contribution in [2.45, 2.75) is 33.1 Å². The molecule has 2 heteroatoms. The van der Waals surface area contributed by atoms with Crippen molar-refractivity contribution in [1.82, 2.24) is 5.32 Å². The minimum Gasteiger partial charge on any atom is -0.356 e. The van der Waals surface area contributed by atoms with E-state index in [1.54, 1.807) is 6.92 Å². The Labute approximate surface area is 68.4 Å². The summed E-state index contributed by atoms with van der Waals surface area (Å²) < 4.78 is 0. The van der Waals surface area contributed by atoms with E-state index >= 15 is 0 Å². The molecule has 0 aromatic carbocycles. The normalized spacial score (nSPS) is 29.3. The fourth-order valence-corrected chi connectivity index (χ4v) is 1.72. The molecule has 0 aromatic heterocycles. The van der Waals surface area contributed by atoms with E-state index < -0.39 is 0 Å². The Kier molecular flexibility index (Phi) is 2.92. The van der Waals surface area contributed by atoms with Crippen LogP contribution in [0, 0.1) is 11.8 Å². The zero-order valence-corrected chi connectivity index (χ0v) is 7.39. The number of amides is 1. The molecule has 1 rings (SSSR count). The molecule has 0 bridgehead atoms. The van der Waals surface area contributed by atoms with Crippen LogP contribution in [0.3, 0.4) is 0 Å². The van der Waals surface area contributed by atoms with E-state index in [0.29, 0.717) is 0 Å². The fourth-order valence-electron chi connectivity index (χ4n) is 1.72. The van der Waals surface area contributed by atoms with Gasteiger partial charge in [-0.2, -0.15) is 0 Å².